The quantitative estimate of drug-likeness (QED) is 0.289. The van der Waals surface area contributed by atoms with Gasteiger partial charge in [0.2, 0.25) is 11.8 Å². The summed E-state index contributed by atoms with van der Waals surface area (Å²) in [5.74, 6) is 0.330. The second-order valence-corrected chi connectivity index (χ2v) is 9.35. The zero-order chi connectivity index (χ0) is 26.7. The number of carbonyl (C=O) groups excluding carboxylic acids is 2. The molecule has 0 aliphatic rings. The first kappa shape index (κ1) is 26.9. The summed E-state index contributed by atoms with van der Waals surface area (Å²) < 4.78 is 5.29. The molecule has 194 valence electrons. The maximum absolute atomic E-state index is 13.8. The Balaban J connectivity index is 1.64. The van der Waals surface area contributed by atoms with Gasteiger partial charge in [-0.15, -0.1) is 0 Å². The van der Waals surface area contributed by atoms with Gasteiger partial charge in [-0.2, -0.15) is 0 Å². The maximum atomic E-state index is 13.8. The fourth-order valence-corrected chi connectivity index (χ4v) is 4.28. The van der Waals surface area contributed by atoms with Gasteiger partial charge in [-0.3, -0.25) is 14.6 Å². The molecule has 1 N–H and O–H groups in total. The zero-order valence-electron chi connectivity index (χ0n) is 21.2. The van der Waals surface area contributed by atoms with Crippen molar-refractivity contribution in [2.75, 3.05) is 7.11 Å². The van der Waals surface area contributed by atoms with Crippen molar-refractivity contribution in [3.63, 3.8) is 0 Å². The first-order valence-corrected chi connectivity index (χ1v) is 12.8. The number of carbonyl (C=O) groups is 2. The van der Waals surface area contributed by atoms with E-state index in [-0.39, 0.29) is 31.3 Å². The molecule has 1 heterocycles. The molecule has 0 saturated heterocycles. The average Bonchev–Trinajstić information content (AvgIpc) is 2.96. The standard InChI is InChI=1S/C31H30ClN3O3/c1-38-28-16-12-25(13-17-28)22-35(30(36)20-24-10-14-26(32)15-11-24)29(19-23-7-3-2-4-8-23)31(37)34-21-27-9-5-6-18-33-27/h2-18,29H,19-22H2,1H3,(H,34,37)/t29-/m0/s1. The van der Waals surface area contributed by atoms with Crippen molar-refractivity contribution in [1.82, 2.24) is 15.2 Å². The third-order valence-electron chi connectivity index (χ3n) is 6.22. The van der Waals surface area contributed by atoms with Crippen LogP contribution in [-0.2, 0) is 35.5 Å². The van der Waals surface area contributed by atoms with Crippen LogP contribution in [0.2, 0.25) is 5.02 Å². The lowest BCUT2D eigenvalue weighted by molar-refractivity contribution is -0.140. The van der Waals surface area contributed by atoms with Crippen molar-refractivity contribution in [3.05, 3.63) is 131 Å². The number of aromatic nitrogens is 1. The van der Waals surface area contributed by atoms with E-state index in [1.54, 1.807) is 30.3 Å². The van der Waals surface area contributed by atoms with Gasteiger partial charge in [-0.05, 0) is 53.1 Å². The Labute approximate surface area is 228 Å². The van der Waals surface area contributed by atoms with Crippen LogP contribution >= 0.6 is 11.6 Å². The van der Waals surface area contributed by atoms with E-state index < -0.39 is 6.04 Å². The number of pyridine rings is 1. The zero-order valence-corrected chi connectivity index (χ0v) is 22.0. The van der Waals surface area contributed by atoms with Gasteiger partial charge < -0.3 is 15.0 Å². The van der Waals surface area contributed by atoms with Crippen LogP contribution in [0, 0.1) is 0 Å². The van der Waals surface area contributed by atoms with Gasteiger partial charge >= 0.3 is 0 Å². The Hall–Kier alpha value is -4.16. The van der Waals surface area contributed by atoms with Crippen molar-refractivity contribution >= 4 is 23.4 Å². The van der Waals surface area contributed by atoms with E-state index >= 15 is 0 Å². The summed E-state index contributed by atoms with van der Waals surface area (Å²) in [6.45, 7) is 0.539. The molecule has 0 fully saturated rings. The summed E-state index contributed by atoms with van der Waals surface area (Å²) >= 11 is 6.05. The second-order valence-electron chi connectivity index (χ2n) is 8.92. The summed E-state index contributed by atoms with van der Waals surface area (Å²) in [6.07, 6.45) is 2.21. The van der Waals surface area contributed by atoms with Crippen LogP contribution in [0.3, 0.4) is 0 Å². The topological polar surface area (TPSA) is 71.5 Å². The van der Waals surface area contributed by atoms with Gasteiger partial charge in [-0.1, -0.05) is 72.3 Å². The molecule has 1 aromatic heterocycles. The van der Waals surface area contributed by atoms with Crippen LogP contribution in [0.25, 0.3) is 0 Å². The summed E-state index contributed by atoms with van der Waals surface area (Å²) in [7, 11) is 1.61. The van der Waals surface area contributed by atoms with Crippen LogP contribution in [0.15, 0.2) is 103 Å². The molecule has 1 atom stereocenters. The Morgan fingerprint density at radius 1 is 0.868 bits per heavy atom. The molecule has 4 aromatic rings. The number of methoxy groups -OCH3 is 1. The van der Waals surface area contributed by atoms with Crippen LogP contribution in [-0.4, -0.2) is 34.8 Å². The molecule has 0 aliphatic carbocycles. The van der Waals surface area contributed by atoms with E-state index in [0.29, 0.717) is 11.4 Å². The predicted octanol–water partition coefficient (Wildman–Crippen LogP) is 5.24. The molecule has 3 aromatic carbocycles. The minimum atomic E-state index is -0.733. The average molecular weight is 528 g/mol. The highest BCUT2D eigenvalue weighted by atomic mass is 35.5. The molecular formula is C31H30ClN3O3. The summed E-state index contributed by atoms with van der Waals surface area (Å²) in [5, 5.41) is 3.60. The molecule has 0 aliphatic heterocycles. The van der Waals surface area contributed by atoms with Crippen molar-refractivity contribution in [2.24, 2.45) is 0 Å². The Morgan fingerprint density at radius 2 is 1.55 bits per heavy atom. The van der Waals surface area contributed by atoms with Gasteiger partial charge in [-0.25, -0.2) is 0 Å². The molecule has 4 rings (SSSR count). The van der Waals surface area contributed by atoms with Gasteiger partial charge in [0.1, 0.15) is 11.8 Å². The number of ether oxygens (including phenoxy) is 1. The monoisotopic (exact) mass is 527 g/mol. The number of nitrogens with zero attached hydrogens (tertiary/aromatic N) is 2. The highest BCUT2D eigenvalue weighted by Gasteiger charge is 2.30. The molecule has 6 nitrogen and oxygen atoms in total. The number of amides is 2. The highest BCUT2D eigenvalue weighted by Crippen LogP contribution is 2.19. The van der Waals surface area contributed by atoms with Crippen molar-refractivity contribution in [3.8, 4) is 5.75 Å². The Morgan fingerprint density at radius 3 is 2.21 bits per heavy atom. The van der Waals surface area contributed by atoms with E-state index in [0.717, 1.165) is 28.1 Å². The number of hydrogen-bond donors (Lipinski definition) is 1. The van der Waals surface area contributed by atoms with E-state index in [1.165, 1.54) is 0 Å². The smallest absolute Gasteiger partial charge is 0.243 e. The number of nitrogens with one attached hydrogen (secondary N) is 1. The number of halogens is 1. The fraction of sp³-hybridized carbons (Fsp3) is 0.194. The lowest BCUT2D eigenvalue weighted by Crippen LogP contribution is -2.50. The Bertz CT molecular complexity index is 1310. The number of benzene rings is 3. The normalized spacial score (nSPS) is 11.4. The lowest BCUT2D eigenvalue weighted by Gasteiger charge is -2.31. The van der Waals surface area contributed by atoms with E-state index in [9.17, 15) is 9.59 Å². The summed E-state index contributed by atoms with van der Waals surface area (Å²) in [6, 6.07) is 29.3. The second kappa shape index (κ2) is 13.4. The molecule has 0 spiro atoms. The third kappa shape index (κ3) is 7.67. The molecule has 2 amide bonds. The SMILES string of the molecule is COc1ccc(CN(C(=O)Cc2ccc(Cl)cc2)[C@@H](Cc2ccccc2)C(=O)NCc2ccccn2)cc1. The van der Waals surface area contributed by atoms with Crippen molar-refractivity contribution < 1.29 is 14.3 Å². The minimum Gasteiger partial charge on any atom is -0.497 e. The maximum Gasteiger partial charge on any atom is 0.243 e. The molecule has 7 heteroatoms. The van der Waals surface area contributed by atoms with Crippen LogP contribution in [0.1, 0.15) is 22.4 Å². The first-order valence-electron chi connectivity index (χ1n) is 12.4. The van der Waals surface area contributed by atoms with Crippen LogP contribution in [0.5, 0.6) is 5.75 Å². The molecule has 0 radical (unpaired) electrons. The molecule has 0 unspecified atom stereocenters. The number of hydrogen-bond acceptors (Lipinski definition) is 4. The highest BCUT2D eigenvalue weighted by molar-refractivity contribution is 6.30. The van der Waals surface area contributed by atoms with Crippen LogP contribution in [0.4, 0.5) is 0 Å². The Kier molecular flexibility index (Phi) is 9.48. The van der Waals surface area contributed by atoms with E-state index in [1.807, 2.05) is 84.9 Å². The minimum absolute atomic E-state index is 0.145. The summed E-state index contributed by atoms with van der Waals surface area (Å²) in [5.41, 5.74) is 3.43. The lowest BCUT2D eigenvalue weighted by atomic mass is 10.0. The largest absolute Gasteiger partial charge is 0.497 e. The molecule has 0 saturated carbocycles. The molecule has 0 bridgehead atoms. The molecule has 38 heavy (non-hydrogen) atoms. The van der Waals surface area contributed by atoms with Gasteiger partial charge in [0.25, 0.3) is 0 Å². The van der Waals surface area contributed by atoms with Crippen molar-refractivity contribution in [1.29, 1.82) is 0 Å². The van der Waals surface area contributed by atoms with E-state index in [4.69, 9.17) is 16.3 Å². The fourth-order valence-electron chi connectivity index (χ4n) is 4.16. The van der Waals surface area contributed by atoms with Gasteiger partial charge in [0, 0.05) is 24.2 Å². The van der Waals surface area contributed by atoms with Crippen molar-refractivity contribution in [2.45, 2.75) is 32.0 Å². The number of rotatable bonds is 11. The first-order chi connectivity index (χ1) is 18.5. The van der Waals surface area contributed by atoms with Gasteiger partial charge in [0.15, 0.2) is 0 Å². The molecular weight excluding hydrogens is 498 g/mol. The van der Waals surface area contributed by atoms with E-state index in [2.05, 4.69) is 10.3 Å². The van der Waals surface area contributed by atoms with Gasteiger partial charge in [0.05, 0.1) is 25.8 Å². The summed E-state index contributed by atoms with van der Waals surface area (Å²) in [4.78, 5) is 33.5. The van der Waals surface area contributed by atoms with Crippen LogP contribution < -0.4 is 10.1 Å². The predicted molar refractivity (Wildman–Crippen MR) is 149 cm³/mol. The third-order valence-corrected chi connectivity index (χ3v) is 6.47.